The van der Waals surface area contributed by atoms with E-state index in [9.17, 15) is 0 Å². The van der Waals surface area contributed by atoms with Gasteiger partial charge in [-0.3, -0.25) is 4.98 Å². The number of hydrogen-bond acceptors (Lipinski definition) is 6. The number of thiophene rings is 1. The van der Waals surface area contributed by atoms with Gasteiger partial charge in [0.15, 0.2) is 0 Å². The minimum atomic E-state index is 0.140. The lowest BCUT2D eigenvalue weighted by Crippen LogP contribution is -2.25. The topological polar surface area (TPSA) is 77.8 Å². The Labute approximate surface area is 119 Å². The summed E-state index contributed by atoms with van der Waals surface area (Å²) in [5.74, 6) is 1.84. The van der Waals surface area contributed by atoms with Crippen molar-refractivity contribution in [2.24, 2.45) is 11.7 Å². The summed E-state index contributed by atoms with van der Waals surface area (Å²) < 4.78 is 6.42. The Hall–Kier alpha value is -1.79. The van der Waals surface area contributed by atoms with Gasteiger partial charge in [-0.15, -0.1) is 11.3 Å². The smallest absolute Gasteiger partial charge is 0.228 e. The lowest BCUT2D eigenvalue weighted by Gasteiger charge is -2.04. The highest BCUT2D eigenvalue weighted by atomic mass is 32.1. The first kappa shape index (κ1) is 12.0. The van der Waals surface area contributed by atoms with Crippen molar-refractivity contribution in [2.45, 2.75) is 25.3 Å². The molecule has 1 aliphatic rings. The van der Waals surface area contributed by atoms with Crippen LogP contribution in [0.3, 0.4) is 0 Å². The summed E-state index contributed by atoms with van der Waals surface area (Å²) in [4.78, 5) is 8.82. The summed E-state index contributed by atoms with van der Waals surface area (Å²) in [6.07, 6.45) is 4.89. The summed E-state index contributed by atoms with van der Waals surface area (Å²) in [6.45, 7) is 0. The molecule has 20 heavy (non-hydrogen) atoms. The largest absolute Gasteiger partial charge is 0.339 e. The Bertz CT molecular complexity index is 746. The minimum Gasteiger partial charge on any atom is -0.339 e. The predicted molar refractivity (Wildman–Crippen MR) is 77.3 cm³/mol. The molecule has 4 rings (SSSR count). The molecule has 3 aromatic heterocycles. The van der Waals surface area contributed by atoms with E-state index < -0.39 is 0 Å². The van der Waals surface area contributed by atoms with E-state index in [0.717, 1.165) is 15.8 Å². The molecule has 0 aromatic carbocycles. The number of hydrogen-bond donors (Lipinski definition) is 1. The molecule has 0 aliphatic heterocycles. The lowest BCUT2D eigenvalue weighted by molar-refractivity contribution is 0.364. The molecule has 3 heterocycles. The number of rotatable bonds is 4. The first-order chi connectivity index (χ1) is 9.79. The van der Waals surface area contributed by atoms with Crippen LogP contribution in [0.5, 0.6) is 0 Å². The monoisotopic (exact) mass is 286 g/mol. The number of nitrogens with zero attached hydrogens (tertiary/aromatic N) is 3. The Kier molecular flexibility index (Phi) is 2.78. The number of pyridine rings is 1. The van der Waals surface area contributed by atoms with Crippen LogP contribution in [0, 0.1) is 5.92 Å². The fraction of sp³-hybridized carbons (Fsp3) is 0.357. The van der Waals surface area contributed by atoms with E-state index >= 15 is 0 Å². The average molecular weight is 286 g/mol. The van der Waals surface area contributed by atoms with E-state index in [0.29, 0.717) is 24.1 Å². The quantitative estimate of drug-likeness (QED) is 0.797. The summed E-state index contributed by atoms with van der Waals surface area (Å²) in [5, 5.41) is 6.06. The molecule has 6 heteroatoms. The minimum absolute atomic E-state index is 0.140. The van der Waals surface area contributed by atoms with E-state index in [1.165, 1.54) is 12.8 Å². The molecule has 0 radical (unpaired) electrons. The highest BCUT2D eigenvalue weighted by Crippen LogP contribution is 2.33. The molecule has 0 bridgehead atoms. The Balaban J connectivity index is 1.59. The molecule has 1 atom stereocenters. The van der Waals surface area contributed by atoms with E-state index in [1.54, 1.807) is 17.5 Å². The van der Waals surface area contributed by atoms with Gasteiger partial charge in [-0.1, -0.05) is 5.16 Å². The van der Waals surface area contributed by atoms with Gasteiger partial charge in [0.2, 0.25) is 11.7 Å². The van der Waals surface area contributed by atoms with Crippen LogP contribution in [-0.4, -0.2) is 21.2 Å². The maximum absolute atomic E-state index is 6.08. The highest BCUT2D eigenvalue weighted by molar-refractivity contribution is 7.17. The zero-order valence-corrected chi connectivity index (χ0v) is 11.6. The maximum atomic E-state index is 6.08. The first-order valence-corrected chi connectivity index (χ1v) is 7.59. The van der Waals surface area contributed by atoms with E-state index in [1.807, 2.05) is 17.5 Å². The number of aromatic nitrogens is 3. The second-order valence-corrected chi connectivity index (χ2v) is 6.19. The molecule has 1 unspecified atom stereocenters. The van der Waals surface area contributed by atoms with Crippen molar-refractivity contribution >= 4 is 21.6 Å². The van der Waals surface area contributed by atoms with Crippen molar-refractivity contribution in [2.75, 3.05) is 0 Å². The van der Waals surface area contributed by atoms with Crippen LogP contribution in [0.2, 0.25) is 0 Å². The van der Waals surface area contributed by atoms with Crippen LogP contribution < -0.4 is 5.73 Å². The van der Waals surface area contributed by atoms with Crippen LogP contribution in [0.15, 0.2) is 28.2 Å². The molecule has 0 spiro atoms. The third kappa shape index (κ3) is 2.21. The fourth-order valence-electron chi connectivity index (χ4n) is 2.32. The number of fused-ring (bicyclic) bond motifs is 1. The van der Waals surface area contributed by atoms with Crippen molar-refractivity contribution < 1.29 is 4.52 Å². The molecule has 3 aromatic rings. The average Bonchev–Trinajstić information content (AvgIpc) is 3.03. The predicted octanol–water partition coefficient (Wildman–Crippen LogP) is 2.63. The summed E-state index contributed by atoms with van der Waals surface area (Å²) in [5.41, 5.74) is 7.96. The van der Waals surface area contributed by atoms with Gasteiger partial charge >= 0.3 is 0 Å². The number of nitrogens with two attached hydrogens (primary N) is 1. The second-order valence-electron chi connectivity index (χ2n) is 5.25. The SMILES string of the molecule is NC(Cc1nc(-c2cnc3ccsc3c2)no1)C1CC1. The highest BCUT2D eigenvalue weighted by Gasteiger charge is 2.29. The standard InChI is InChI=1S/C14H14N4OS/c15-10(8-1-2-8)6-13-17-14(18-19-13)9-5-12-11(16-7-9)3-4-20-12/h3-5,7-8,10H,1-2,6,15H2. The first-order valence-electron chi connectivity index (χ1n) is 6.71. The van der Waals surface area contributed by atoms with Crippen molar-refractivity contribution in [3.8, 4) is 11.4 Å². The van der Waals surface area contributed by atoms with Gasteiger partial charge in [-0.05, 0) is 36.3 Å². The normalized spacial score (nSPS) is 16.6. The molecule has 2 N–H and O–H groups in total. The van der Waals surface area contributed by atoms with Gasteiger partial charge in [0.1, 0.15) is 0 Å². The van der Waals surface area contributed by atoms with Crippen LogP contribution >= 0.6 is 11.3 Å². The Morgan fingerprint density at radius 2 is 2.35 bits per heavy atom. The lowest BCUT2D eigenvalue weighted by atomic mass is 10.1. The fourth-order valence-corrected chi connectivity index (χ4v) is 3.10. The second kappa shape index (κ2) is 4.64. The summed E-state index contributed by atoms with van der Waals surface area (Å²) >= 11 is 1.66. The van der Waals surface area contributed by atoms with Crippen molar-refractivity contribution in [3.05, 3.63) is 29.6 Å². The Morgan fingerprint density at radius 3 is 3.20 bits per heavy atom. The Morgan fingerprint density at radius 1 is 1.45 bits per heavy atom. The molecule has 1 aliphatic carbocycles. The van der Waals surface area contributed by atoms with E-state index in [2.05, 4.69) is 15.1 Å². The van der Waals surface area contributed by atoms with Gasteiger partial charge in [-0.2, -0.15) is 4.98 Å². The zero-order chi connectivity index (χ0) is 13.5. The third-order valence-corrected chi connectivity index (χ3v) is 4.52. The molecule has 102 valence electrons. The van der Waals surface area contributed by atoms with Gasteiger partial charge in [0, 0.05) is 24.2 Å². The molecule has 1 fully saturated rings. The van der Waals surface area contributed by atoms with Gasteiger partial charge < -0.3 is 10.3 Å². The van der Waals surface area contributed by atoms with Crippen molar-refractivity contribution in [1.82, 2.24) is 15.1 Å². The maximum Gasteiger partial charge on any atom is 0.228 e. The van der Waals surface area contributed by atoms with Gasteiger partial charge in [0.25, 0.3) is 0 Å². The van der Waals surface area contributed by atoms with Crippen LogP contribution in [0.25, 0.3) is 21.6 Å². The molecule has 5 nitrogen and oxygen atoms in total. The van der Waals surface area contributed by atoms with E-state index in [4.69, 9.17) is 10.3 Å². The third-order valence-electron chi connectivity index (χ3n) is 3.67. The van der Waals surface area contributed by atoms with Crippen LogP contribution in [0.1, 0.15) is 18.7 Å². The van der Waals surface area contributed by atoms with Crippen LogP contribution in [-0.2, 0) is 6.42 Å². The van der Waals surface area contributed by atoms with Gasteiger partial charge in [0.05, 0.1) is 10.2 Å². The molecule has 1 saturated carbocycles. The molecule has 0 saturated heterocycles. The summed E-state index contributed by atoms with van der Waals surface area (Å²) in [6, 6.07) is 4.18. The van der Waals surface area contributed by atoms with Crippen molar-refractivity contribution in [3.63, 3.8) is 0 Å². The van der Waals surface area contributed by atoms with E-state index in [-0.39, 0.29) is 6.04 Å². The molecular weight excluding hydrogens is 272 g/mol. The summed E-state index contributed by atoms with van der Waals surface area (Å²) in [7, 11) is 0. The van der Waals surface area contributed by atoms with Gasteiger partial charge in [-0.25, -0.2) is 0 Å². The zero-order valence-electron chi connectivity index (χ0n) is 10.8. The van der Waals surface area contributed by atoms with Crippen LogP contribution in [0.4, 0.5) is 0 Å². The molecular formula is C14H14N4OS. The molecule has 0 amide bonds. The van der Waals surface area contributed by atoms with Crippen molar-refractivity contribution in [1.29, 1.82) is 0 Å².